The Morgan fingerprint density at radius 3 is 2.64 bits per heavy atom. The van der Waals surface area contributed by atoms with Crippen LogP contribution in [0, 0.1) is 12.7 Å². The number of nitrogens with zero attached hydrogens (tertiary/aromatic N) is 1. The van der Waals surface area contributed by atoms with Gasteiger partial charge in [0.15, 0.2) is 15.7 Å². The first kappa shape index (κ1) is 16.4. The molecule has 1 atom stereocenters. The quantitative estimate of drug-likeness (QED) is 0.859. The fourth-order valence-corrected chi connectivity index (χ4v) is 3.19. The molecule has 0 saturated heterocycles. The number of anilines is 1. The van der Waals surface area contributed by atoms with Crippen LogP contribution in [0.5, 0.6) is 0 Å². The third-order valence-corrected chi connectivity index (χ3v) is 5.28. The molecule has 0 bridgehead atoms. The van der Waals surface area contributed by atoms with Crippen LogP contribution in [0.1, 0.15) is 12.7 Å². The largest absolute Gasteiger partial charge is 0.360 e. The van der Waals surface area contributed by atoms with Crippen molar-refractivity contribution in [1.29, 1.82) is 0 Å². The van der Waals surface area contributed by atoms with Crippen molar-refractivity contribution in [1.82, 2.24) is 5.16 Å². The average Bonchev–Trinajstić information content (AvgIpc) is 2.86. The van der Waals surface area contributed by atoms with Gasteiger partial charge in [0.25, 0.3) is 0 Å². The summed E-state index contributed by atoms with van der Waals surface area (Å²) < 4.78 is 42.6. The lowest BCUT2D eigenvalue weighted by Crippen LogP contribution is -2.32. The molecule has 0 radical (unpaired) electrons. The monoisotopic (exact) mass is 346 g/mol. The second-order valence-electron chi connectivity index (χ2n) is 4.58. The molecule has 0 aliphatic rings. The van der Waals surface area contributed by atoms with Gasteiger partial charge in [-0.15, -0.1) is 0 Å². The Morgan fingerprint density at radius 1 is 1.41 bits per heavy atom. The van der Waals surface area contributed by atoms with Crippen LogP contribution in [-0.4, -0.2) is 24.7 Å². The van der Waals surface area contributed by atoms with E-state index in [1.807, 2.05) is 0 Å². The molecule has 9 heteroatoms. The Morgan fingerprint density at radius 2 is 2.09 bits per heavy atom. The Labute approximate surface area is 131 Å². The van der Waals surface area contributed by atoms with Crippen molar-refractivity contribution in [3.63, 3.8) is 0 Å². The minimum Gasteiger partial charge on any atom is -0.360 e. The van der Waals surface area contributed by atoms with Crippen molar-refractivity contribution in [2.45, 2.75) is 24.0 Å². The van der Waals surface area contributed by atoms with Crippen molar-refractivity contribution in [3.8, 4) is 0 Å². The maximum atomic E-state index is 13.1. The van der Waals surface area contributed by atoms with Gasteiger partial charge in [0.1, 0.15) is 16.8 Å². The number of hydrogen-bond acceptors (Lipinski definition) is 5. The van der Waals surface area contributed by atoms with Gasteiger partial charge >= 0.3 is 0 Å². The second-order valence-corrected chi connectivity index (χ2v) is 7.25. The molecule has 0 unspecified atom stereocenters. The summed E-state index contributed by atoms with van der Waals surface area (Å²) in [7, 11) is -4.01. The van der Waals surface area contributed by atoms with Crippen molar-refractivity contribution < 1.29 is 22.1 Å². The zero-order valence-electron chi connectivity index (χ0n) is 11.6. The number of aromatic nitrogens is 1. The Kier molecular flexibility index (Phi) is 4.52. The van der Waals surface area contributed by atoms with E-state index in [2.05, 4.69) is 10.5 Å². The van der Waals surface area contributed by atoms with E-state index < -0.39 is 26.8 Å². The summed E-state index contributed by atoms with van der Waals surface area (Å²) in [5.74, 6) is -0.942. The van der Waals surface area contributed by atoms with Gasteiger partial charge in [-0.25, -0.2) is 12.8 Å². The number of nitrogens with one attached hydrogen (secondary N) is 1. The summed E-state index contributed by atoms with van der Waals surface area (Å²) in [6, 6.07) is 4.41. The highest BCUT2D eigenvalue weighted by Crippen LogP contribution is 2.23. The van der Waals surface area contributed by atoms with Gasteiger partial charge in [0, 0.05) is 6.07 Å². The number of carbonyl (C=O) groups is 1. The van der Waals surface area contributed by atoms with Crippen LogP contribution in [0.2, 0.25) is 5.02 Å². The predicted molar refractivity (Wildman–Crippen MR) is 77.9 cm³/mol. The number of rotatable bonds is 4. The van der Waals surface area contributed by atoms with Crippen molar-refractivity contribution >= 4 is 33.2 Å². The van der Waals surface area contributed by atoms with Gasteiger partial charge in [-0.3, -0.25) is 4.79 Å². The summed E-state index contributed by atoms with van der Waals surface area (Å²) in [6.45, 7) is 2.85. The molecule has 1 heterocycles. The van der Waals surface area contributed by atoms with Gasteiger partial charge < -0.3 is 9.84 Å². The molecule has 0 aliphatic heterocycles. The molecule has 2 rings (SSSR count). The third-order valence-electron chi connectivity index (χ3n) is 2.93. The Bertz CT molecular complexity index is 819. The highest BCUT2D eigenvalue weighted by Gasteiger charge is 2.30. The molecule has 1 aromatic carbocycles. The Balaban J connectivity index is 2.24. The molecule has 1 amide bonds. The second kappa shape index (κ2) is 6.05. The molecular formula is C13H12ClFN2O4S. The zero-order chi connectivity index (χ0) is 16.5. The van der Waals surface area contributed by atoms with E-state index in [1.165, 1.54) is 13.0 Å². The summed E-state index contributed by atoms with van der Waals surface area (Å²) >= 11 is 5.57. The van der Waals surface area contributed by atoms with E-state index in [1.54, 1.807) is 6.92 Å². The highest BCUT2D eigenvalue weighted by molar-refractivity contribution is 7.92. The maximum absolute atomic E-state index is 13.1. The van der Waals surface area contributed by atoms with Crippen LogP contribution in [-0.2, 0) is 14.6 Å². The lowest BCUT2D eigenvalue weighted by atomic mass is 10.3. The van der Waals surface area contributed by atoms with E-state index in [4.69, 9.17) is 16.1 Å². The number of carbonyl (C=O) groups excluding carboxylic acids is 1. The number of halogens is 2. The molecule has 0 fully saturated rings. The van der Waals surface area contributed by atoms with Crippen LogP contribution in [0.4, 0.5) is 10.2 Å². The van der Waals surface area contributed by atoms with E-state index in [-0.39, 0.29) is 15.7 Å². The fraction of sp³-hybridized carbons (Fsp3) is 0.231. The number of amides is 1. The zero-order valence-corrected chi connectivity index (χ0v) is 13.2. The van der Waals surface area contributed by atoms with E-state index >= 15 is 0 Å². The molecule has 6 nitrogen and oxygen atoms in total. The lowest BCUT2D eigenvalue weighted by molar-refractivity contribution is -0.115. The molecule has 118 valence electrons. The molecule has 1 aromatic heterocycles. The molecule has 0 aliphatic carbocycles. The van der Waals surface area contributed by atoms with Crippen LogP contribution in [0.3, 0.4) is 0 Å². The fourth-order valence-electron chi connectivity index (χ4n) is 1.65. The van der Waals surface area contributed by atoms with Gasteiger partial charge in [0.05, 0.1) is 9.92 Å². The predicted octanol–water partition coefficient (Wildman–Crippen LogP) is 2.58. The van der Waals surface area contributed by atoms with E-state index in [9.17, 15) is 17.6 Å². The number of aryl methyl sites for hydroxylation is 1. The van der Waals surface area contributed by atoms with Crippen molar-refractivity contribution in [2.75, 3.05) is 5.32 Å². The highest BCUT2D eigenvalue weighted by atomic mass is 35.5. The van der Waals surface area contributed by atoms with Crippen LogP contribution in [0.15, 0.2) is 33.7 Å². The first-order chi connectivity index (χ1) is 10.2. The average molecular weight is 347 g/mol. The van der Waals surface area contributed by atoms with Crippen LogP contribution in [0.25, 0.3) is 0 Å². The molecule has 2 aromatic rings. The van der Waals surface area contributed by atoms with Gasteiger partial charge in [0.2, 0.25) is 5.91 Å². The van der Waals surface area contributed by atoms with Crippen molar-refractivity contribution in [2.24, 2.45) is 0 Å². The van der Waals surface area contributed by atoms with Crippen LogP contribution >= 0.6 is 11.6 Å². The number of sulfone groups is 1. The standard InChI is InChI=1S/C13H12ClFN2O4S/c1-7-5-12(17-21-7)16-13(18)8(2)22(19,20)9-3-4-11(15)10(14)6-9/h3-6,8H,1-2H3,(H,16,17,18)/t8-/m1/s1. The SMILES string of the molecule is Cc1cc(NC(=O)[C@@H](C)S(=O)(=O)c2ccc(F)c(Cl)c2)no1. The van der Waals surface area contributed by atoms with Gasteiger partial charge in [-0.05, 0) is 32.0 Å². The molecule has 1 N–H and O–H groups in total. The topological polar surface area (TPSA) is 89.3 Å². The molecule has 0 saturated carbocycles. The first-order valence-corrected chi connectivity index (χ1v) is 8.07. The van der Waals surface area contributed by atoms with Gasteiger partial charge in [-0.2, -0.15) is 0 Å². The minimum absolute atomic E-state index is 0.113. The summed E-state index contributed by atoms with van der Waals surface area (Å²) in [5.41, 5.74) is 0. The Hall–Kier alpha value is -1.93. The molecule has 22 heavy (non-hydrogen) atoms. The summed E-state index contributed by atoms with van der Waals surface area (Å²) in [5, 5.41) is 4.14. The van der Waals surface area contributed by atoms with E-state index in [0.29, 0.717) is 5.76 Å². The molecular weight excluding hydrogens is 335 g/mol. The number of benzene rings is 1. The van der Waals surface area contributed by atoms with Crippen molar-refractivity contribution in [3.05, 3.63) is 40.9 Å². The maximum Gasteiger partial charge on any atom is 0.244 e. The van der Waals surface area contributed by atoms with E-state index in [0.717, 1.165) is 18.2 Å². The number of hydrogen-bond donors (Lipinski definition) is 1. The minimum atomic E-state index is -4.01. The summed E-state index contributed by atoms with van der Waals surface area (Å²) in [4.78, 5) is 11.8. The third kappa shape index (κ3) is 3.28. The normalized spacial score (nSPS) is 12.9. The summed E-state index contributed by atoms with van der Waals surface area (Å²) in [6.07, 6.45) is 0. The smallest absolute Gasteiger partial charge is 0.244 e. The van der Waals surface area contributed by atoms with Crippen LogP contribution < -0.4 is 5.32 Å². The lowest BCUT2D eigenvalue weighted by Gasteiger charge is -2.12. The van der Waals surface area contributed by atoms with Gasteiger partial charge in [-0.1, -0.05) is 16.8 Å². The first-order valence-electron chi connectivity index (χ1n) is 6.15. The molecule has 0 spiro atoms.